The Balaban J connectivity index is 1.76. The standard InChI is InChI=1S/C18H27N3O4/c1-13-14(6-12-25-13)16(23)21-10-8-20(9-11-21)15(22)5-7-19-17(24)18(2,3)4/h6,12H,5,7-11H2,1-4H3,(H,19,24). The Hall–Kier alpha value is -2.31. The predicted molar refractivity (Wildman–Crippen MR) is 93.0 cm³/mol. The van der Waals surface area contributed by atoms with Crippen molar-refractivity contribution in [3.8, 4) is 0 Å². The fourth-order valence-electron chi connectivity index (χ4n) is 2.64. The van der Waals surface area contributed by atoms with Gasteiger partial charge in [-0.3, -0.25) is 14.4 Å². The molecule has 3 amide bonds. The summed E-state index contributed by atoms with van der Waals surface area (Å²) in [7, 11) is 0. The van der Waals surface area contributed by atoms with Gasteiger partial charge in [0.25, 0.3) is 5.91 Å². The van der Waals surface area contributed by atoms with E-state index in [0.29, 0.717) is 44.0 Å². The molecule has 25 heavy (non-hydrogen) atoms. The maximum Gasteiger partial charge on any atom is 0.257 e. The predicted octanol–water partition coefficient (Wildman–Crippen LogP) is 1.42. The van der Waals surface area contributed by atoms with Crippen LogP contribution in [0, 0.1) is 12.3 Å². The zero-order chi connectivity index (χ0) is 18.6. The summed E-state index contributed by atoms with van der Waals surface area (Å²) in [5, 5.41) is 2.78. The topological polar surface area (TPSA) is 82.9 Å². The van der Waals surface area contributed by atoms with Crippen molar-refractivity contribution < 1.29 is 18.8 Å². The van der Waals surface area contributed by atoms with Gasteiger partial charge in [0.1, 0.15) is 5.76 Å². The van der Waals surface area contributed by atoms with Crippen LogP contribution in [0.3, 0.4) is 0 Å². The molecule has 1 fully saturated rings. The second-order valence-electron chi connectivity index (χ2n) is 7.32. The average molecular weight is 349 g/mol. The Bertz CT molecular complexity index is 637. The normalized spacial score (nSPS) is 15.2. The first-order valence-electron chi connectivity index (χ1n) is 8.59. The van der Waals surface area contributed by atoms with Crippen molar-refractivity contribution in [1.82, 2.24) is 15.1 Å². The van der Waals surface area contributed by atoms with E-state index < -0.39 is 5.41 Å². The lowest BCUT2D eigenvalue weighted by atomic mass is 9.96. The van der Waals surface area contributed by atoms with E-state index in [1.54, 1.807) is 22.8 Å². The molecule has 1 aromatic heterocycles. The molecule has 0 bridgehead atoms. The summed E-state index contributed by atoms with van der Waals surface area (Å²) >= 11 is 0. The number of furan rings is 1. The molecule has 0 atom stereocenters. The van der Waals surface area contributed by atoms with Crippen LogP contribution in [0.15, 0.2) is 16.7 Å². The number of rotatable bonds is 4. The molecule has 7 nitrogen and oxygen atoms in total. The molecule has 0 aliphatic carbocycles. The van der Waals surface area contributed by atoms with Gasteiger partial charge in [-0.25, -0.2) is 0 Å². The molecule has 1 saturated heterocycles. The van der Waals surface area contributed by atoms with Gasteiger partial charge >= 0.3 is 0 Å². The number of carbonyl (C=O) groups is 3. The van der Waals surface area contributed by atoms with Crippen LogP contribution in [0.25, 0.3) is 0 Å². The Morgan fingerprint density at radius 2 is 1.72 bits per heavy atom. The van der Waals surface area contributed by atoms with E-state index in [9.17, 15) is 14.4 Å². The van der Waals surface area contributed by atoms with E-state index >= 15 is 0 Å². The Labute approximate surface area is 148 Å². The average Bonchev–Trinajstić information content (AvgIpc) is 2.99. The van der Waals surface area contributed by atoms with Gasteiger partial charge in [-0.05, 0) is 13.0 Å². The minimum absolute atomic E-state index is 0.000741. The van der Waals surface area contributed by atoms with Crippen molar-refractivity contribution in [3.05, 3.63) is 23.7 Å². The largest absolute Gasteiger partial charge is 0.469 e. The van der Waals surface area contributed by atoms with Crippen LogP contribution >= 0.6 is 0 Å². The molecule has 2 heterocycles. The molecule has 1 aliphatic heterocycles. The van der Waals surface area contributed by atoms with Crippen LogP contribution in [-0.2, 0) is 9.59 Å². The molecule has 7 heteroatoms. The third kappa shape index (κ3) is 4.84. The molecule has 1 N–H and O–H groups in total. The van der Waals surface area contributed by atoms with E-state index in [1.165, 1.54) is 6.26 Å². The second-order valence-corrected chi connectivity index (χ2v) is 7.32. The Morgan fingerprint density at radius 1 is 1.12 bits per heavy atom. The molecule has 0 saturated carbocycles. The summed E-state index contributed by atoms with van der Waals surface area (Å²) in [4.78, 5) is 39.9. The van der Waals surface area contributed by atoms with Crippen molar-refractivity contribution in [2.45, 2.75) is 34.1 Å². The lowest BCUT2D eigenvalue weighted by Crippen LogP contribution is -2.51. The number of aryl methyl sites for hydroxylation is 1. The van der Waals surface area contributed by atoms with Gasteiger partial charge in [-0.1, -0.05) is 20.8 Å². The zero-order valence-corrected chi connectivity index (χ0v) is 15.4. The van der Waals surface area contributed by atoms with Gasteiger partial charge in [0.05, 0.1) is 11.8 Å². The molecule has 1 aliphatic rings. The van der Waals surface area contributed by atoms with Crippen molar-refractivity contribution in [2.24, 2.45) is 5.41 Å². The molecule has 0 radical (unpaired) electrons. The summed E-state index contributed by atoms with van der Waals surface area (Å²) < 4.78 is 5.18. The Kier molecular flexibility index (Phi) is 5.87. The van der Waals surface area contributed by atoms with Gasteiger partial charge < -0.3 is 19.5 Å². The highest BCUT2D eigenvalue weighted by atomic mass is 16.3. The maximum absolute atomic E-state index is 12.4. The first kappa shape index (κ1) is 19.0. The molecule has 0 spiro atoms. The number of carbonyl (C=O) groups excluding carboxylic acids is 3. The van der Waals surface area contributed by atoms with E-state index in [2.05, 4.69) is 5.32 Å². The third-order valence-electron chi connectivity index (χ3n) is 4.31. The summed E-state index contributed by atoms with van der Waals surface area (Å²) in [6.45, 7) is 9.63. The first-order chi connectivity index (χ1) is 11.7. The quantitative estimate of drug-likeness (QED) is 0.891. The first-order valence-corrected chi connectivity index (χ1v) is 8.59. The number of hydrogen-bond donors (Lipinski definition) is 1. The number of hydrogen-bond acceptors (Lipinski definition) is 4. The van der Waals surface area contributed by atoms with Crippen LogP contribution in [0.2, 0.25) is 0 Å². The number of piperazine rings is 1. The summed E-state index contributed by atoms with van der Waals surface area (Å²) in [5.41, 5.74) is 0.116. The lowest BCUT2D eigenvalue weighted by Gasteiger charge is -2.34. The van der Waals surface area contributed by atoms with Gasteiger partial charge in [-0.15, -0.1) is 0 Å². The smallest absolute Gasteiger partial charge is 0.257 e. The van der Waals surface area contributed by atoms with Crippen molar-refractivity contribution in [2.75, 3.05) is 32.7 Å². The highest BCUT2D eigenvalue weighted by molar-refractivity contribution is 5.95. The molecule has 1 aromatic rings. The summed E-state index contributed by atoms with van der Waals surface area (Å²) in [6, 6.07) is 1.67. The van der Waals surface area contributed by atoms with Crippen LogP contribution in [0.1, 0.15) is 43.3 Å². The maximum atomic E-state index is 12.4. The molecule has 138 valence electrons. The van der Waals surface area contributed by atoms with E-state index in [4.69, 9.17) is 4.42 Å². The summed E-state index contributed by atoms with van der Waals surface area (Å²) in [6.07, 6.45) is 1.78. The van der Waals surface area contributed by atoms with E-state index in [0.717, 1.165) is 0 Å². The Morgan fingerprint density at radius 3 is 2.24 bits per heavy atom. The SMILES string of the molecule is Cc1occc1C(=O)N1CCN(C(=O)CCNC(=O)C(C)(C)C)CC1. The second kappa shape index (κ2) is 7.72. The van der Waals surface area contributed by atoms with Gasteiger partial charge in [-0.2, -0.15) is 0 Å². The number of nitrogens with zero attached hydrogens (tertiary/aromatic N) is 2. The summed E-state index contributed by atoms with van der Waals surface area (Å²) in [5.74, 6) is 0.487. The monoisotopic (exact) mass is 349 g/mol. The van der Waals surface area contributed by atoms with Crippen LogP contribution < -0.4 is 5.32 Å². The third-order valence-corrected chi connectivity index (χ3v) is 4.31. The minimum atomic E-state index is -0.458. The molecule has 0 unspecified atom stereocenters. The van der Waals surface area contributed by atoms with Crippen molar-refractivity contribution >= 4 is 17.7 Å². The van der Waals surface area contributed by atoms with Gasteiger partial charge in [0.2, 0.25) is 11.8 Å². The number of nitrogens with one attached hydrogen (secondary N) is 1. The van der Waals surface area contributed by atoms with E-state index in [-0.39, 0.29) is 24.1 Å². The van der Waals surface area contributed by atoms with E-state index in [1.807, 2.05) is 20.8 Å². The van der Waals surface area contributed by atoms with Crippen LogP contribution in [-0.4, -0.2) is 60.2 Å². The molecular formula is C18H27N3O4. The van der Waals surface area contributed by atoms with Gasteiger partial charge in [0, 0.05) is 44.6 Å². The lowest BCUT2D eigenvalue weighted by molar-refractivity contribution is -0.133. The number of amides is 3. The molecule has 0 aromatic carbocycles. The van der Waals surface area contributed by atoms with Crippen molar-refractivity contribution in [1.29, 1.82) is 0 Å². The van der Waals surface area contributed by atoms with Gasteiger partial charge in [0.15, 0.2) is 0 Å². The fourth-order valence-corrected chi connectivity index (χ4v) is 2.64. The van der Waals surface area contributed by atoms with Crippen LogP contribution in [0.5, 0.6) is 0 Å². The van der Waals surface area contributed by atoms with Crippen LogP contribution in [0.4, 0.5) is 0 Å². The highest BCUT2D eigenvalue weighted by Crippen LogP contribution is 2.15. The minimum Gasteiger partial charge on any atom is -0.469 e. The zero-order valence-electron chi connectivity index (χ0n) is 15.4. The highest BCUT2D eigenvalue weighted by Gasteiger charge is 2.26. The fraction of sp³-hybridized carbons (Fsp3) is 0.611. The molecule has 2 rings (SSSR count). The van der Waals surface area contributed by atoms with Crippen molar-refractivity contribution in [3.63, 3.8) is 0 Å². The molecular weight excluding hydrogens is 322 g/mol.